The molecular formula is C90H56N10. The van der Waals surface area contributed by atoms with Crippen LogP contribution in [0.15, 0.2) is 340 Å². The topological polar surface area (TPSA) is 97.1 Å². The van der Waals surface area contributed by atoms with E-state index in [1.807, 2.05) is 54.6 Å². The summed E-state index contributed by atoms with van der Waals surface area (Å²) in [4.78, 5) is 32.3. The van der Waals surface area contributed by atoms with Crippen LogP contribution in [-0.4, -0.2) is 48.2 Å². The predicted molar refractivity (Wildman–Crippen MR) is 409 cm³/mol. The second-order valence-corrected chi connectivity index (χ2v) is 25.4. The molecule has 14 aromatic carbocycles. The summed E-state index contributed by atoms with van der Waals surface area (Å²) in [7, 11) is 0. The van der Waals surface area contributed by atoms with Crippen LogP contribution >= 0.6 is 0 Å². The standard InChI is InChI=1S/C90H56N10/c1-6-24-57(25-7-1)58-48-50-67(51-49-58)98-77-41-20-17-37-70(77)73-54-55-75-80-68(39-23-43-79(80)100(84(75)82(73)98)90-94-85(60-26-8-2-9-27-60)91-86(95-90)61-28-10-3-11-29-61)65-33-22-32-64(56-65)59-44-46-63(47-45-59)88-92-87(62-30-12-4-13-31-62)93-89(96-88)99-78-42-21-18-38-71(78)74-53-52-72-69-36-16-19-40-76(69)97(81(72)83(74)99)66-34-14-5-15-35-66/h1-56H. The van der Waals surface area contributed by atoms with Gasteiger partial charge in [-0.1, -0.05) is 285 Å². The first-order valence-corrected chi connectivity index (χ1v) is 33.7. The van der Waals surface area contributed by atoms with Crippen LogP contribution in [0.1, 0.15) is 0 Å². The number of benzene rings is 14. The first-order chi connectivity index (χ1) is 49.6. The van der Waals surface area contributed by atoms with Crippen LogP contribution in [-0.2, 0) is 0 Å². The SMILES string of the molecule is c1ccc(-c2ccc(-n3c4ccccc4c4ccc5c6c(-c7cccc(-c8ccc(-c9nc(-c%10ccccc%10)nc(-n%10c%11ccccc%11c%11ccc%12c%13ccccc%13n(-c%13ccccc%13)c%12c%11%10)n9)cc8)c7)cccc6n(-c6nc(-c7ccccc7)nc(-c7ccccc7)n6)c5c43)cc2)cc1. The summed E-state index contributed by atoms with van der Waals surface area (Å²) in [5.74, 6) is 3.36. The molecule has 0 amide bonds. The van der Waals surface area contributed by atoms with Gasteiger partial charge in [0.15, 0.2) is 23.3 Å². The third-order valence-electron chi connectivity index (χ3n) is 19.7. The summed E-state index contributed by atoms with van der Waals surface area (Å²) < 4.78 is 9.35. The molecule has 6 aromatic heterocycles. The van der Waals surface area contributed by atoms with Gasteiger partial charge in [-0.05, 0) is 88.0 Å². The van der Waals surface area contributed by atoms with Gasteiger partial charge in [-0.3, -0.25) is 9.13 Å². The maximum Gasteiger partial charge on any atom is 0.238 e. The van der Waals surface area contributed by atoms with Crippen molar-refractivity contribution in [3.05, 3.63) is 340 Å². The Labute approximate surface area is 574 Å². The Kier molecular flexibility index (Phi) is 13.0. The summed E-state index contributed by atoms with van der Waals surface area (Å²) in [5.41, 5.74) is 20.6. The van der Waals surface area contributed by atoms with E-state index in [2.05, 4.69) is 303 Å². The quantitative estimate of drug-likeness (QED) is 0.128. The fraction of sp³-hybridized carbons (Fsp3) is 0. The highest BCUT2D eigenvalue weighted by Gasteiger charge is 2.28. The Morgan fingerprint density at radius 2 is 0.490 bits per heavy atom. The van der Waals surface area contributed by atoms with E-state index in [1.54, 1.807) is 0 Å². The molecule has 0 aliphatic rings. The highest BCUT2D eigenvalue weighted by atomic mass is 15.2. The smallest absolute Gasteiger partial charge is 0.238 e. The molecule has 466 valence electrons. The average molecular weight is 1280 g/mol. The van der Waals surface area contributed by atoms with E-state index in [4.69, 9.17) is 29.9 Å². The second kappa shape index (κ2) is 23.0. The van der Waals surface area contributed by atoms with Gasteiger partial charge in [0.2, 0.25) is 11.9 Å². The zero-order valence-electron chi connectivity index (χ0n) is 53.8. The summed E-state index contributed by atoms with van der Waals surface area (Å²) in [6.07, 6.45) is 0. The molecule has 0 bridgehead atoms. The molecule has 0 N–H and O–H groups in total. The fourth-order valence-corrected chi connectivity index (χ4v) is 15.2. The number of para-hydroxylation sites is 4. The highest BCUT2D eigenvalue weighted by Crippen LogP contribution is 2.47. The van der Waals surface area contributed by atoms with Crippen LogP contribution in [0.4, 0.5) is 0 Å². The molecule has 0 saturated carbocycles. The van der Waals surface area contributed by atoms with Gasteiger partial charge in [-0.15, -0.1) is 0 Å². The first-order valence-electron chi connectivity index (χ1n) is 33.7. The van der Waals surface area contributed by atoms with E-state index >= 15 is 0 Å². The molecular weight excluding hydrogens is 1220 g/mol. The molecule has 100 heavy (non-hydrogen) atoms. The largest absolute Gasteiger partial charge is 0.307 e. The van der Waals surface area contributed by atoms with Gasteiger partial charge >= 0.3 is 0 Å². The van der Waals surface area contributed by atoms with Crippen molar-refractivity contribution in [2.75, 3.05) is 0 Å². The number of rotatable bonds is 11. The Bertz CT molecular complexity index is 6540. The van der Waals surface area contributed by atoms with Crippen molar-refractivity contribution in [1.29, 1.82) is 0 Å². The van der Waals surface area contributed by atoms with E-state index in [-0.39, 0.29) is 0 Å². The minimum absolute atomic E-state index is 0.517. The minimum Gasteiger partial charge on any atom is -0.307 e. The van der Waals surface area contributed by atoms with Crippen molar-refractivity contribution in [2.24, 2.45) is 0 Å². The maximum atomic E-state index is 5.49. The zero-order chi connectivity index (χ0) is 65.8. The second-order valence-electron chi connectivity index (χ2n) is 25.4. The third-order valence-corrected chi connectivity index (χ3v) is 19.7. The van der Waals surface area contributed by atoms with Crippen LogP contribution < -0.4 is 0 Å². The van der Waals surface area contributed by atoms with E-state index in [0.717, 1.165) is 143 Å². The lowest BCUT2D eigenvalue weighted by molar-refractivity contribution is 0.953. The Balaban J connectivity index is 0.763. The molecule has 10 nitrogen and oxygen atoms in total. The number of aromatic nitrogens is 10. The van der Waals surface area contributed by atoms with Gasteiger partial charge in [-0.2, -0.15) is 19.9 Å². The number of fused-ring (bicyclic) bond motifs is 14. The molecule has 0 saturated heterocycles. The summed E-state index contributed by atoms with van der Waals surface area (Å²) in [5, 5.41) is 8.95. The molecule has 20 rings (SSSR count). The summed E-state index contributed by atoms with van der Waals surface area (Å²) >= 11 is 0. The van der Waals surface area contributed by atoms with Crippen molar-refractivity contribution >= 4 is 87.2 Å². The molecule has 0 aliphatic carbocycles. The van der Waals surface area contributed by atoms with Crippen LogP contribution in [0.5, 0.6) is 0 Å². The normalized spacial score (nSPS) is 11.8. The lowest BCUT2D eigenvalue weighted by Gasteiger charge is -2.14. The van der Waals surface area contributed by atoms with E-state index in [1.165, 1.54) is 10.9 Å². The Hall–Kier alpha value is -13.7. The molecule has 10 heteroatoms. The molecule has 0 spiro atoms. The molecule has 6 heterocycles. The molecule has 20 aromatic rings. The van der Waals surface area contributed by atoms with Gasteiger partial charge in [0, 0.05) is 76.7 Å². The molecule has 0 unspecified atom stereocenters. The van der Waals surface area contributed by atoms with Crippen molar-refractivity contribution in [1.82, 2.24) is 48.2 Å². The van der Waals surface area contributed by atoms with Gasteiger partial charge in [-0.25, -0.2) is 9.97 Å². The molecule has 0 aliphatic heterocycles. The van der Waals surface area contributed by atoms with Gasteiger partial charge < -0.3 is 9.13 Å². The molecule has 0 fully saturated rings. The van der Waals surface area contributed by atoms with Crippen LogP contribution in [0.3, 0.4) is 0 Å². The van der Waals surface area contributed by atoms with Gasteiger partial charge in [0.05, 0.1) is 44.1 Å². The van der Waals surface area contributed by atoms with Crippen LogP contribution in [0.25, 0.3) is 189 Å². The van der Waals surface area contributed by atoms with E-state index < -0.39 is 0 Å². The van der Waals surface area contributed by atoms with E-state index in [9.17, 15) is 0 Å². The van der Waals surface area contributed by atoms with E-state index in [0.29, 0.717) is 35.2 Å². The maximum absolute atomic E-state index is 5.49. The zero-order valence-corrected chi connectivity index (χ0v) is 53.8. The van der Waals surface area contributed by atoms with Crippen molar-refractivity contribution in [2.45, 2.75) is 0 Å². The monoisotopic (exact) mass is 1280 g/mol. The summed E-state index contributed by atoms with van der Waals surface area (Å²) in [6, 6.07) is 120. The third kappa shape index (κ3) is 9.12. The lowest BCUT2D eigenvalue weighted by atomic mass is 9.95. The number of hydrogen-bond donors (Lipinski definition) is 0. The Morgan fingerprint density at radius 3 is 0.990 bits per heavy atom. The van der Waals surface area contributed by atoms with Gasteiger partial charge in [0.25, 0.3) is 0 Å². The van der Waals surface area contributed by atoms with Crippen molar-refractivity contribution < 1.29 is 0 Å². The summed E-state index contributed by atoms with van der Waals surface area (Å²) in [6.45, 7) is 0. The van der Waals surface area contributed by atoms with Crippen LogP contribution in [0.2, 0.25) is 0 Å². The predicted octanol–water partition coefficient (Wildman–Crippen LogP) is 22.1. The highest BCUT2D eigenvalue weighted by molar-refractivity contribution is 6.27. The minimum atomic E-state index is 0.517. The first kappa shape index (κ1) is 56.6. The number of hydrogen-bond acceptors (Lipinski definition) is 6. The molecule has 0 radical (unpaired) electrons. The lowest BCUT2D eigenvalue weighted by Crippen LogP contribution is -2.07. The van der Waals surface area contributed by atoms with Crippen molar-refractivity contribution in [3.8, 4) is 102 Å². The Morgan fingerprint density at radius 1 is 0.180 bits per heavy atom. The fourth-order valence-electron chi connectivity index (χ4n) is 15.2. The van der Waals surface area contributed by atoms with Crippen molar-refractivity contribution in [3.63, 3.8) is 0 Å². The van der Waals surface area contributed by atoms with Gasteiger partial charge in [0.1, 0.15) is 0 Å². The van der Waals surface area contributed by atoms with Crippen LogP contribution in [0, 0.1) is 0 Å². The molecule has 0 atom stereocenters. The average Bonchev–Trinajstić information content (AvgIpc) is 1.55. The number of nitrogens with zero attached hydrogens (tertiary/aromatic N) is 10.